The maximum absolute atomic E-state index is 12.6. The van der Waals surface area contributed by atoms with Crippen molar-refractivity contribution in [2.24, 2.45) is 0 Å². The highest BCUT2D eigenvalue weighted by atomic mass is 16.6. The number of carbonyl (C=O) groups is 2. The molecule has 0 unspecified atom stereocenters. The van der Waals surface area contributed by atoms with Gasteiger partial charge in [0.25, 0.3) is 0 Å². The number of ketones is 1. The van der Waals surface area contributed by atoms with Gasteiger partial charge in [0.05, 0.1) is 18.8 Å². The quantitative estimate of drug-likeness (QED) is 0.763. The van der Waals surface area contributed by atoms with E-state index in [1.54, 1.807) is 29.2 Å². The lowest BCUT2D eigenvalue weighted by atomic mass is 10.1. The van der Waals surface area contributed by atoms with Crippen LogP contribution in [-0.4, -0.2) is 43.1 Å². The third-order valence-corrected chi connectivity index (χ3v) is 4.59. The fourth-order valence-electron chi connectivity index (χ4n) is 3.03. The second-order valence-electron chi connectivity index (χ2n) is 6.42. The number of rotatable bonds is 2. The van der Waals surface area contributed by atoms with E-state index in [1.165, 1.54) is 0 Å². The van der Waals surface area contributed by atoms with Crippen LogP contribution in [0.4, 0.5) is 4.79 Å². The van der Waals surface area contributed by atoms with Crippen molar-refractivity contribution in [1.82, 2.24) is 4.90 Å². The van der Waals surface area contributed by atoms with Crippen LogP contribution in [0.5, 0.6) is 11.5 Å². The van der Waals surface area contributed by atoms with Gasteiger partial charge in [-0.2, -0.15) is 0 Å². The van der Waals surface area contributed by atoms with E-state index in [-0.39, 0.29) is 11.5 Å². The molecule has 2 aromatic rings. The van der Waals surface area contributed by atoms with Gasteiger partial charge in [-0.3, -0.25) is 4.79 Å². The average molecular weight is 365 g/mol. The van der Waals surface area contributed by atoms with Gasteiger partial charge in [-0.05, 0) is 36.3 Å². The molecule has 0 atom stereocenters. The summed E-state index contributed by atoms with van der Waals surface area (Å²) >= 11 is 0. The number of Topliss-reactive ketones (excluding diaryl/α,β-unsaturated/α-hetero) is 1. The molecule has 1 amide bonds. The molecule has 6 nitrogen and oxygen atoms in total. The van der Waals surface area contributed by atoms with Gasteiger partial charge in [0.15, 0.2) is 5.76 Å². The Hall–Kier alpha value is -3.12. The molecule has 1 fully saturated rings. The molecule has 4 rings (SSSR count). The molecular weight excluding hydrogens is 346 g/mol. The molecule has 0 radical (unpaired) electrons. The Labute approximate surface area is 156 Å². The average Bonchev–Trinajstić information content (AvgIpc) is 2.99. The highest BCUT2D eigenvalue weighted by Gasteiger charge is 2.28. The van der Waals surface area contributed by atoms with Crippen molar-refractivity contribution in [2.45, 2.75) is 6.92 Å². The van der Waals surface area contributed by atoms with E-state index < -0.39 is 6.09 Å². The molecule has 0 N–H and O–H groups in total. The standard InChI is InChI=1S/C21H19NO5/c1-14-4-2-3-5-15(14)12-19-20(23)17-7-6-16(13-18(17)27-19)26-21(24)22-8-10-25-11-9-22/h2-7,12-13H,8-11H2,1H3/b19-12+. The summed E-state index contributed by atoms with van der Waals surface area (Å²) in [7, 11) is 0. The van der Waals surface area contributed by atoms with Crippen LogP contribution in [0.2, 0.25) is 0 Å². The summed E-state index contributed by atoms with van der Waals surface area (Å²) in [6, 6.07) is 12.6. The Morgan fingerprint density at radius 3 is 2.70 bits per heavy atom. The van der Waals surface area contributed by atoms with E-state index in [0.29, 0.717) is 43.4 Å². The van der Waals surface area contributed by atoms with Gasteiger partial charge in [0.1, 0.15) is 11.5 Å². The molecule has 2 aliphatic heterocycles. The van der Waals surface area contributed by atoms with Crippen LogP contribution in [0.3, 0.4) is 0 Å². The summed E-state index contributed by atoms with van der Waals surface area (Å²) in [5.41, 5.74) is 2.44. The third kappa shape index (κ3) is 3.57. The molecule has 0 aromatic heterocycles. The fourth-order valence-corrected chi connectivity index (χ4v) is 3.03. The molecule has 0 spiro atoms. The van der Waals surface area contributed by atoms with Crippen LogP contribution in [0.25, 0.3) is 6.08 Å². The Kier molecular flexibility index (Phi) is 4.64. The second-order valence-corrected chi connectivity index (χ2v) is 6.42. The SMILES string of the molecule is Cc1ccccc1/C=C1/Oc2cc(OC(=O)N3CCOCC3)ccc2C1=O. The van der Waals surface area contributed by atoms with Gasteiger partial charge in [0, 0.05) is 19.2 Å². The molecule has 2 heterocycles. The van der Waals surface area contributed by atoms with Crippen molar-refractivity contribution in [2.75, 3.05) is 26.3 Å². The fraction of sp³-hybridized carbons (Fsp3) is 0.238. The maximum Gasteiger partial charge on any atom is 0.415 e. The number of amides is 1. The molecule has 0 aliphatic carbocycles. The first-order valence-electron chi connectivity index (χ1n) is 8.80. The lowest BCUT2D eigenvalue weighted by Crippen LogP contribution is -2.42. The minimum Gasteiger partial charge on any atom is -0.452 e. The summed E-state index contributed by atoms with van der Waals surface area (Å²) in [6.07, 6.45) is 1.30. The van der Waals surface area contributed by atoms with E-state index in [1.807, 2.05) is 31.2 Å². The van der Waals surface area contributed by atoms with Crippen LogP contribution in [0, 0.1) is 6.92 Å². The van der Waals surface area contributed by atoms with Crippen LogP contribution in [0.15, 0.2) is 48.2 Å². The monoisotopic (exact) mass is 365 g/mol. The summed E-state index contributed by atoms with van der Waals surface area (Å²) < 4.78 is 16.4. The lowest BCUT2D eigenvalue weighted by Gasteiger charge is -2.25. The number of fused-ring (bicyclic) bond motifs is 1. The molecule has 2 aromatic carbocycles. The van der Waals surface area contributed by atoms with Gasteiger partial charge >= 0.3 is 6.09 Å². The number of carbonyl (C=O) groups excluding carboxylic acids is 2. The number of allylic oxidation sites excluding steroid dienone is 1. The van der Waals surface area contributed by atoms with Crippen molar-refractivity contribution in [3.8, 4) is 11.5 Å². The van der Waals surface area contributed by atoms with Gasteiger partial charge < -0.3 is 19.1 Å². The van der Waals surface area contributed by atoms with E-state index in [2.05, 4.69) is 0 Å². The summed E-state index contributed by atoms with van der Waals surface area (Å²) in [5, 5.41) is 0. The Balaban J connectivity index is 1.52. The van der Waals surface area contributed by atoms with Crippen molar-refractivity contribution < 1.29 is 23.8 Å². The van der Waals surface area contributed by atoms with Gasteiger partial charge in [-0.25, -0.2) is 4.79 Å². The maximum atomic E-state index is 12.6. The number of hydrogen-bond acceptors (Lipinski definition) is 5. The molecule has 138 valence electrons. The zero-order valence-electron chi connectivity index (χ0n) is 14.9. The van der Waals surface area contributed by atoms with Crippen LogP contribution in [-0.2, 0) is 4.74 Å². The predicted octanol–water partition coefficient (Wildman–Crippen LogP) is 3.44. The van der Waals surface area contributed by atoms with Crippen LogP contribution >= 0.6 is 0 Å². The summed E-state index contributed by atoms with van der Waals surface area (Å²) in [4.78, 5) is 26.4. The Morgan fingerprint density at radius 1 is 1.15 bits per heavy atom. The first-order valence-corrected chi connectivity index (χ1v) is 8.80. The molecule has 0 bridgehead atoms. The first kappa shape index (κ1) is 17.3. The number of morpholine rings is 1. The second kappa shape index (κ2) is 7.25. The van der Waals surface area contributed by atoms with Gasteiger partial charge in [-0.15, -0.1) is 0 Å². The molecule has 6 heteroatoms. The summed E-state index contributed by atoms with van der Waals surface area (Å²) in [5.74, 6) is 0.817. The molecule has 27 heavy (non-hydrogen) atoms. The van der Waals surface area contributed by atoms with E-state index in [9.17, 15) is 9.59 Å². The molecule has 2 aliphatic rings. The number of aryl methyl sites for hydroxylation is 1. The summed E-state index contributed by atoms with van der Waals surface area (Å²) in [6.45, 7) is 3.99. The Bertz CT molecular complexity index is 928. The number of hydrogen-bond donors (Lipinski definition) is 0. The topological polar surface area (TPSA) is 65.1 Å². The van der Waals surface area contributed by atoms with Crippen molar-refractivity contribution in [3.63, 3.8) is 0 Å². The molecular formula is C21H19NO5. The largest absolute Gasteiger partial charge is 0.452 e. The van der Waals surface area contributed by atoms with E-state index in [4.69, 9.17) is 14.2 Å². The van der Waals surface area contributed by atoms with Crippen molar-refractivity contribution in [3.05, 3.63) is 64.9 Å². The van der Waals surface area contributed by atoms with Gasteiger partial charge in [0.2, 0.25) is 5.78 Å². The van der Waals surface area contributed by atoms with Crippen molar-refractivity contribution >= 4 is 18.0 Å². The highest BCUT2D eigenvalue weighted by molar-refractivity contribution is 6.14. The zero-order valence-corrected chi connectivity index (χ0v) is 14.9. The number of ether oxygens (including phenoxy) is 3. The minimum absolute atomic E-state index is 0.181. The first-order chi connectivity index (χ1) is 13.1. The zero-order chi connectivity index (χ0) is 18.8. The van der Waals surface area contributed by atoms with Crippen LogP contribution < -0.4 is 9.47 Å². The van der Waals surface area contributed by atoms with E-state index >= 15 is 0 Å². The minimum atomic E-state index is -0.432. The normalized spacial score (nSPS) is 17.6. The predicted molar refractivity (Wildman–Crippen MR) is 99.0 cm³/mol. The number of nitrogens with zero attached hydrogens (tertiary/aromatic N) is 1. The lowest BCUT2D eigenvalue weighted by molar-refractivity contribution is 0.0416. The molecule has 1 saturated heterocycles. The van der Waals surface area contributed by atoms with Crippen LogP contribution in [0.1, 0.15) is 21.5 Å². The highest BCUT2D eigenvalue weighted by Crippen LogP contribution is 2.35. The van der Waals surface area contributed by atoms with E-state index in [0.717, 1.165) is 11.1 Å². The van der Waals surface area contributed by atoms with Crippen molar-refractivity contribution in [1.29, 1.82) is 0 Å². The molecule has 0 saturated carbocycles. The number of benzene rings is 2. The Morgan fingerprint density at radius 2 is 1.93 bits per heavy atom. The third-order valence-electron chi connectivity index (χ3n) is 4.59. The smallest absolute Gasteiger partial charge is 0.415 e. The van der Waals surface area contributed by atoms with Gasteiger partial charge in [-0.1, -0.05) is 24.3 Å².